The summed E-state index contributed by atoms with van der Waals surface area (Å²) in [5.74, 6) is 3.50. The average molecular weight is 649 g/mol. The molecule has 9 aromatic rings. The Kier molecular flexibility index (Phi) is 6.08. The van der Waals surface area contributed by atoms with Crippen molar-refractivity contribution in [3.8, 4) is 56.4 Å². The van der Waals surface area contributed by atoms with Gasteiger partial charge in [-0.05, 0) is 101 Å². The van der Waals surface area contributed by atoms with E-state index in [1.54, 1.807) is 0 Å². The van der Waals surface area contributed by atoms with E-state index >= 15 is 0 Å². The highest BCUT2D eigenvalue weighted by atomic mass is 16.5. The van der Waals surface area contributed by atoms with Crippen LogP contribution in [0.2, 0.25) is 0 Å². The van der Waals surface area contributed by atoms with Gasteiger partial charge in [0.15, 0.2) is 0 Å². The number of fused-ring (bicyclic) bond motifs is 8. The molecule has 0 radical (unpaired) electrons. The zero-order valence-corrected chi connectivity index (χ0v) is 27.6. The molecule has 9 aromatic carbocycles. The van der Waals surface area contributed by atoms with E-state index in [0.717, 1.165) is 44.9 Å². The molecule has 0 aliphatic carbocycles. The summed E-state index contributed by atoms with van der Waals surface area (Å²) in [5.41, 5.74) is 10.7. The lowest BCUT2D eigenvalue weighted by atomic mass is 9.35. The predicted octanol–water partition coefficient (Wildman–Crippen LogP) is 10.9. The van der Waals surface area contributed by atoms with Crippen molar-refractivity contribution < 1.29 is 9.47 Å². The second-order valence-electron chi connectivity index (χ2n) is 13.5. The number of ether oxygens (including phenoxy) is 2. The molecule has 0 spiro atoms. The molecular formula is C48H29BO2. The molecule has 0 saturated carbocycles. The fraction of sp³-hybridized carbons (Fsp3) is 0. The lowest BCUT2D eigenvalue weighted by molar-refractivity contribution is 0.464. The third-order valence-corrected chi connectivity index (χ3v) is 10.8. The molecule has 0 atom stereocenters. The third kappa shape index (κ3) is 4.19. The molecule has 236 valence electrons. The van der Waals surface area contributed by atoms with Crippen LogP contribution in [0.5, 0.6) is 23.0 Å². The van der Waals surface area contributed by atoms with Crippen molar-refractivity contribution >= 4 is 55.4 Å². The molecule has 2 heterocycles. The van der Waals surface area contributed by atoms with Crippen LogP contribution < -0.4 is 25.9 Å². The van der Waals surface area contributed by atoms with Crippen LogP contribution in [0.4, 0.5) is 0 Å². The summed E-state index contributed by atoms with van der Waals surface area (Å²) in [4.78, 5) is 0. The van der Waals surface area contributed by atoms with Gasteiger partial charge in [-0.25, -0.2) is 0 Å². The van der Waals surface area contributed by atoms with Crippen molar-refractivity contribution in [3.05, 3.63) is 176 Å². The van der Waals surface area contributed by atoms with Gasteiger partial charge in [-0.15, -0.1) is 0 Å². The van der Waals surface area contributed by atoms with Crippen molar-refractivity contribution in [1.82, 2.24) is 0 Å². The van der Waals surface area contributed by atoms with E-state index in [2.05, 4.69) is 152 Å². The monoisotopic (exact) mass is 648 g/mol. The van der Waals surface area contributed by atoms with Crippen LogP contribution in [-0.2, 0) is 0 Å². The standard InChI is InChI=1S/C48H29BO2/c1-2-14-31(15-3-1)45-36-19-8-9-20-37(36)46(38-27-25-30-13-4-5-17-34(30)47(38)45)35-18-7-6-16-33(35)32-26-28-42-40(29-32)49-39-21-10-11-22-41(39)50-43-23-12-24-44(51-42)48(43)49/h1-29H. The summed E-state index contributed by atoms with van der Waals surface area (Å²) in [5, 5.41) is 7.52. The fourth-order valence-corrected chi connectivity index (χ4v) is 8.64. The molecule has 2 aliphatic rings. The number of para-hydroxylation sites is 1. The van der Waals surface area contributed by atoms with E-state index in [1.165, 1.54) is 60.1 Å². The number of benzene rings is 9. The van der Waals surface area contributed by atoms with Gasteiger partial charge in [0.25, 0.3) is 6.71 Å². The highest BCUT2D eigenvalue weighted by Crippen LogP contribution is 2.48. The molecule has 0 aromatic heterocycles. The zero-order chi connectivity index (χ0) is 33.5. The van der Waals surface area contributed by atoms with E-state index in [-0.39, 0.29) is 6.71 Å². The van der Waals surface area contributed by atoms with Gasteiger partial charge < -0.3 is 9.47 Å². The van der Waals surface area contributed by atoms with Crippen LogP contribution in [-0.4, -0.2) is 6.71 Å². The largest absolute Gasteiger partial charge is 0.458 e. The maximum Gasteiger partial charge on any atom is 0.260 e. The molecule has 0 N–H and O–H groups in total. The van der Waals surface area contributed by atoms with Gasteiger partial charge in [-0.3, -0.25) is 0 Å². The zero-order valence-electron chi connectivity index (χ0n) is 27.6. The maximum absolute atomic E-state index is 6.58. The van der Waals surface area contributed by atoms with Crippen molar-refractivity contribution in [2.75, 3.05) is 0 Å². The van der Waals surface area contributed by atoms with E-state index in [9.17, 15) is 0 Å². The van der Waals surface area contributed by atoms with Gasteiger partial charge >= 0.3 is 0 Å². The summed E-state index contributed by atoms with van der Waals surface area (Å²) < 4.78 is 13.0. The highest BCUT2D eigenvalue weighted by Gasteiger charge is 2.40. The smallest absolute Gasteiger partial charge is 0.260 e. The average Bonchev–Trinajstić information content (AvgIpc) is 3.20. The molecular weight excluding hydrogens is 619 g/mol. The van der Waals surface area contributed by atoms with E-state index in [0.29, 0.717) is 0 Å². The second-order valence-corrected chi connectivity index (χ2v) is 13.5. The first-order chi connectivity index (χ1) is 25.3. The van der Waals surface area contributed by atoms with Gasteiger partial charge in [0.1, 0.15) is 23.0 Å². The van der Waals surface area contributed by atoms with Gasteiger partial charge in [-0.2, -0.15) is 0 Å². The maximum atomic E-state index is 6.58. The van der Waals surface area contributed by atoms with Gasteiger partial charge in [0.05, 0.1) is 0 Å². The molecule has 0 unspecified atom stereocenters. The highest BCUT2D eigenvalue weighted by molar-refractivity contribution is 6.98. The lowest BCUT2D eigenvalue weighted by Crippen LogP contribution is -2.57. The molecule has 0 bridgehead atoms. The predicted molar refractivity (Wildman–Crippen MR) is 213 cm³/mol. The molecule has 11 rings (SSSR count). The summed E-state index contributed by atoms with van der Waals surface area (Å²) in [7, 11) is 0. The first-order valence-corrected chi connectivity index (χ1v) is 17.5. The Bertz CT molecular complexity index is 2860. The van der Waals surface area contributed by atoms with E-state index < -0.39 is 0 Å². The van der Waals surface area contributed by atoms with Crippen LogP contribution in [0.1, 0.15) is 0 Å². The number of rotatable bonds is 3. The molecule has 3 heteroatoms. The second kappa shape index (κ2) is 11.0. The topological polar surface area (TPSA) is 18.5 Å². The van der Waals surface area contributed by atoms with Crippen molar-refractivity contribution in [3.63, 3.8) is 0 Å². The molecule has 2 aliphatic heterocycles. The first-order valence-electron chi connectivity index (χ1n) is 17.5. The van der Waals surface area contributed by atoms with Crippen LogP contribution in [0.25, 0.3) is 65.7 Å². The Morgan fingerprint density at radius 1 is 0.353 bits per heavy atom. The fourth-order valence-electron chi connectivity index (χ4n) is 8.64. The number of hydrogen-bond acceptors (Lipinski definition) is 2. The first kappa shape index (κ1) is 28.3. The minimum atomic E-state index is 0.00944. The number of hydrogen-bond donors (Lipinski definition) is 0. The minimum absolute atomic E-state index is 0.00944. The Balaban J connectivity index is 1.19. The van der Waals surface area contributed by atoms with Crippen LogP contribution in [0, 0.1) is 0 Å². The van der Waals surface area contributed by atoms with Crippen molar-refractivity contribution in [2.24, 2.45) is 0 Å². The quantitative estimate of drug-likeness (QED) is 0.108. The van der Waals surface area contributed by atoms with Crippen LogP contribution >= 0.6 is 0 Å². The van der Waals surface area contributed by atoms with Gasteiger partial charge in [0, 0.05) is 5.46 Å². The Hall–Kier alpha value is -6.58. The Morgan fingerprint density at radius 3 is 1.80 bits per heavy atom. The Morgan fingerprint density at radius 2 is 0.980 bits per heavy atom. The SMILES string of the molecule is c1ccc(-c2c3ccccc3c(-c3ccccc3-c3ccc4c(c3)B3c5ccccc5Oc5cccc(c53)O4)c3ccc4ccccc4c23)cc1. The molecule has 2 nitrogen and oxygen atoms in total. The van der Waals surface area contributed by atoms with Gasteiger partial charge in [-0.1, -0.05) is 152 Å². The van der Waals surface area contributed by atoms with E-state index in [4.69, 9.17) is 9.47 Å². The molecule has 51 heavy (non-hydrogen) atoms. The summed E-state index contributed by atoms with van der Waals surface area (Å²) in [6.07, 6.45) is 0. The van der Waals surface area contributed by atoms with Gasteiger partial charge in [0.2, 0.25) is 0 Å². The third-order valence-electron chi connectivity index (χ3n) is 10.8. The summed E-state index contributed by atoms with van der Waals surface area (Å²) >= 11 is 0. The van der Waals surface area contributed by atoms with Crippen LogP contribution in [0.3, 0.4) is 0 Å². The normalized spacial score (nSPS) is 12.6. The lowest BCUT2D eigenvalue weighted by Gasteiger charge is -2.33. The summed E-state index contributed by atoms with van der Waals surface area (Å²) in [6.45, 7) is 0.00944. The van der Waals surface area contributed by atoms with Crippen molar-refractivity contribution in [2.45, 2.75) is 0 Å². The molecule has 0 saturated heterocycles. The van der Waals surface area contributed by atoms with Crippen LogP contribution in [0.15, 0.2) is 176 Å². The molecule has 0 amide bonds. The van der Waals surface area contributed by atoms with E-state index in [1.807, 2.05) is 24.3 Å². The molecule has 0 fully saturated rings. The van der Waals surface area contributed by atoms with Crippen molar-refractivity contribution in [1.29, 1.82) is 0 Å². The Labute approximate surface area is 296 Å². The minimum Gasteiger partial charge on any atom is -0.458 e. The summed E-state index contributed by atoms with van der Waals surface area (Å²) in [6, 6.07) is 63.3.